The summed E-state index contributed by atoms with van der Waals surface area (Å²) in [5.74, 6) is 0. The molecule has 0 saturated heterocycles. The molecule has 0 atom stereocenters. The molecule has 0 aliphatic heterocycles. The second kappa shape index (κ2) is 4.97. The summed E-state index contributed by atoms with van der Waals surface area (Å²) in [6, 6.07) is 14.1. The van der Waals surface area contributed by atoms with E-state index in [4.69, 9.17) is 11.6 Å². The van der Waals surface area contributed by atoms with Crippen molar-refractivity contribution in [2.45, 2.75) is 6.42 Å². The van der Waals surface area contributed by atoms with E-state index in [1.165, 1.54) is 6.07 Å². The van der Waals surface area contributed by atoms with Crippen molar-refractivity contribution in [2.24, 2.45) is 0 Å². The molecule has 0 spiro atoms. The van der Waals surface area contributed by atoms with Gasteiger partial charge in [-0.25, -0.2) is 0 Å². The molecule has 0 fully saturated rings. The summed E-state index contributed by atoms with van der Waals surface area (Å²) in [7, 11) is 0. The molecule has 0 bridgehead atoms. The van der Waals surface area contributed by atoms with Crippen LogP contribution in [-0.2, 0) is 6.42 Å². The average Bonchev–Trinajstić information content (AvgIpc) is 2.32. The first-order chi connectivity index (χ1) is 8.18. The van der Waals surface area contributed by atoms with Crippen LogP contribution in [0.15, 0.2) is 48.5 Å². The lowest BCUT2D eigenvalue weighted by molar-refractivity contribution is -0.385. The molecule has 86 valence electrons. The van der Waals surface area contributed by atoms with Gasteiger partial charge in [-0.2, -0.15) is 0 Å². The second-order valence-corrected chi connectivity index (χ2v) is 4.06. The first kappa shape index (κ1) is 11.6. The fourth-order valence-electron chi connectivity index (χ4n) is 1.69. The van der Waals surface area contributed by atoms with E-state index in [0.29, 0.717) is 17.0 Å². The Hall–Kier alpha value is -1.87. The molecule has 0 radical (unpaired) electrons. The Morgan fingerprint density at radius 1 is 1.00 bits per heavy atom. The molecule has 4 heteroatoms. The maximum Gasteiger partial charge on any atom is 0.272 e. The van der Waals surface area contributed by atoms with Gasteiger partial charge in [0.05, 0.1) is 4.92 Å². The number of nitro benzene ring substituents is 1. The smallest absolute Gasteiger partial charge is 0.258 e. The minimum Gasteiger partial charge on any atom is -0.258 e. The van der Waals surface area contributed by atoms with E-state index in [1.807, 2.05) is 18.2 Å². The molecule has 0 unspecified atom stereocenters. The van der Waals surface area contributed by atoms with E-state index in [2.05, 4.69) is 0 Å². The lowest BCUT2D eigenvalue weighted by Crippen LogP contribution is -1.96. The van der Waals surface area contributed by atoms with Crippen molar-refractivity contribution in [1.82, 2.24) is 0 Å². The maximum absolute atomic E-state index is 10.9. The van der Waals surface area contributed by atoms with E-state index >= 15 is 0 Å². The van der Waals surface area contributed by atoms with E-state index in [9.17, 15) is 10.1 Å². The van der Waals surface area contributed by atoms with Crippen molar-refractivity contribution >= 4 is 17.3 Å². The molecule has 0 aliphatic carbocycles. The summed E-state index contributed by atoms with van der Waals surface area (Å²) < 4.78 is 0. The molecule has 0 aliphatic rings. The van der Waals surface area contributed by atoms with E-state index < -0.39 is 0 Å². The average molecular weight is 248 g/mol. The van der Waals surface area contributed by atoms with Gasteiger partial charge in [-0.15, -0.1) is 0 Å². The Balaban J connectivity index is 2.37. The molecular formula is C13H10ClNO2. The number of para-hydroxylation sites is 1. The maximum atomic E-state index is 10.9. The molecule has 0 saturated carbocycles. The monoisotopic (exact) mass is 247 g/mol. The van der Waals surface area contributed by atoms with Crippen molar-refractivity contribution in [1.29, 1.82) is 0 Å². The molecule has 0 heterocycles. The number of benzene rings is 2. The molecule has 2 aromatic rings. The lowest BCUT2D eigenvalue weighted by Gasteiger charge is -2.04. The fourth-order valence-corrected chi connectivity index (χ4v) is 1.89. The molecule has 0 amide bonds. The molecule has 3 nitrogen and oxygen atoms in total. The molecule has 17 heavy (non-hydrogen) atoms. The Kier molecular flexibility index (Phi) is 3.40. The van der Waals surface area contributed by atoms with Gasteiger partial charge in [0.2, 0.25) is 0 Å². The normalized spacial score (nSPS) is 10.2. The van der Waals surface area contributed by atoms with Crippen LogP contribution in [0.4, 0.5) is 5.69 Å². The van der Waals surface area contributed by atoms with Gasteiger partial charge in [0.1, 0.15) is 0 Å². The predicted octanol–water partition coefficient (Wildman–Crippen LogP) is 3.84. The summed E-state index contributed by atoms with van der Waals surface area (Å²) in [4.78, 5) is 10.5. The van der Waals surface area contributed by atoms with Crippen molar-refractivity contribution in [3.63, 3.8) is 0 Å². The first-order valence-corrected chi connectivity index (χ1v) is 5.52. The Labute approximate surface area is 104 Å². The zero-order chi connectivity index (χ0) is 12.3. The van der Waals surface area contributed by atoms with Gasteiger partial charge in [0.15, 0.2) is 0 Å². The summed E-state index contributed by atoms with van der Waals surface area (Å²) in [6.07, 6.45) is 0.469. The molecule has 2 rings (SSSR count). The van der Waals surface area contributed by atoms with Crippen LogP contribution in [-0.4, -0.2) is 4.92 Å². The largest absolute Gasteiger partial charge is 0.272 e. The highest BCUT2D eigenvalue weighted by atomic mass is 35.5. The van der Waals surface area contributed by atoms with Crippen molar-refractivity contribution in [3.8, 4) is 0 Å². The fraction of sp³-hybridized carbons (Fsp3) is 0.0769. The third-order valence-electron chi connectivity index (χ3n) is 2.53. The molecule has 2 aromatic carbocycles. The predicted molar refractivity (Wildman–Crippen MR) is 67.4 cm³/mol. The second-order valence-electron chi connectivity index (χ2n) is 3.65. The zero-order valence-electron chi connectivity index (χ0n) is 8.97. The summed E-state index contributed by atoms with van der Waals surface area (Å²) in [5.41, 5.74) is 1.70. The molecule has 0 aromatic heterocycles. The number of nitro groups is 1. The van der Waals surface area contributed by atoms with E-state index in [-0.39, 0.29) is 10.6 Å². The van der Waals surface area contributed by atoms with Gasteiger partial charge in [0, 0.05) is 23.1 Å². The van der Waals surface area contributed by atoms with Gasteiger partial charge < -0.3 is 0 Å². The standard InChI is InChI=1S/C13H10ClNO2/c14-12-7-3-1-5-10(12)9-11-6-2-4-8-13(11)15(16)17/h1-8H,9H2. The third kappa shape index (κ3) is 2.63. The summed E-state index contributed by atoms with van der Waals surface area (Å²) in [6.45, 7) is 0. The molecular weight excluding hydrogens is 238 g/mol. The Morgan fingerprint density at radius 2 is 1.59 bits per heavy atom. The van der Waals surface area contributed by atoms with E-state index in [1.54, 1.807) is 24.3 Å². The first-order valence-electron chi connectivity index (χ1n) is 5.14. The Morgan fingerprint density at radius 3 is 2.24 bits per heavy atom. The van der Waals surface area contributed by atoms with Crippen LogP contribution >= 0.6 is 11.6 Å². The number of hydrogen-bond donors (Lipinski definition) is 0. The summed E-state index contributed by atoms with van der Waals surface area (Å²) in [5, 5.41) is 11.5. The summed E-state index contributed by atoms with van der Waals surface area (Å²) >= 11 is 6.04. The Bertz CT molecular complexity index is 555. The SMILES string of the molecule is O=[N+]([O-])c1ccccc1Cc1ccccc1Cl. The quantitative estimate of drug-likeness (QED) is 0.611. The van der Waals surface area contributed by atoms with Crippen molar-refractivity contribution in [3.05, 3.63) is 74.8 Å². The van der Waals surface area contributed by atoms with Crippen LogP contribution < -0.4 is 0 Å². The van der Waals surface area contributed by atoms with Crippen LogP contribution in [0.3, 0.4) is 0 Å². The van der Waals surface area contributed by atoms with Crippen LogP contribution in [0.5, 0.6) is 0 Å². The van der Waals surface area contributed by atoms with Crippen LogP contribution in [0.25, 0.3) is 0 Å². The number of rotatable bonds is 3. The van der Waals surface area contributed by atoms with Crippen LogP contribution in [0, 0.1) is 10.1 Å². The minimum absolute atomic E-state index is 0.132. The van der Waals surface area contributed by atoms with Crippen molar-refractivity contribution < 1.29 is 4.92 Å². The van der Waals surface area contributed by atoms with Gasteiger partial charge >= 0.3 is 0 Å². The van der Waals surface area contributed by atoms with Gasteiger partial charge in [-0.05, 0) is 11.6 Å². The number of nitrogens with zero attached hydrogens (tertiary/aromatic N) is 1. The minimum atomic E-state index is -0.369. The van der Waals surface area contributed by atoms with Crippen molar-refractivity contribution in [2.75, 3.05) is 0 Å². The highest BCUT2D eigenvalue weighted by Crippen LogP contribution is 2.24. The topological polar surface area (TPSA) is 43.1 Å². The highest BCUT2D eigenvalue weighted by Gasteiger charge is 2.13. The van der Waals surface area contributed by atoms with E-state index in [0.717, 1.165) is 5.56 Å². The highest BCUT2D eigenvalue weighted by molar-refractivity contribution is 6.31. The van der Waals surface area contributed by atoms with Crippen LogP contribution in [0.2, 0.25) is 5.02 Å². The van der Waals surface area contributed by atoms with Gasteiger partial charge in [-0.1, -0.05) is 48.0 Å². The third-order valence-corrected chi connectivity index (χ3v) is 2.90. The van der Waals surface area contributed by atoms with Crippen LogP contribution in [0.1, 0.15) is 11.1 Å². The zero-order valence-corrected chi connectivity index (χ0v) is 9.72. The van der Waals surface area contributed by atoms with Gasteiger partial charge in [0.25, 0.3) is 5.69 Å². The van der Waals surface area contributed by atoms with Gasteiger partial charge in [-0.3, -0.25) is 10.1 Å². The number of hydrogen-bond acceptors (Lipinski definition) is 2. The molecule has 0 N–H and O–H groups in total. The lowest BCUT2D eigenvalue weighted by atomic mass is 10.0. The number of halogens is 1.